The van der Waals surface area contributed by atoms with E-state index in [2.05, 4.69) is 11.3 Å². The summed E-state index contributed by atoms with van der Waals surface area (Å²) in [6.07, 6.45) is 0.0338. The average molecular weight is 188 g/mol. The number of aliphatic carboxylic acids is 1. The number of carbonyl (C=O) groups is 2. The number of esters is 1. The Hall–Kier alpha value is -1.36. The van der Waals surface area contributed by atoms with Crippen LogP contribution in [-0.2, 0) is 14.3 Å². The van der Waals surface area contributed by atoms with Gasteiger partial charge in [-0.15, -0.1) is 0 Å². The number of carboxylic acid groups (broad SMARTS) is 1. The molecule has 0 aromatic heterocycles. The number of ether oxygens (including phenoxy) is 1. The third kappa shape index (κ3) is 5.86. The number of hydrogen-bond acceptors (Lipinski definition) is 4. The Labute approximate surface area is 75.6 Å². The van der Waals surface area contributed by atoms with Gasteiger partial charge >= 0.3 is 11.9 Å². The lowest BCUT2D eigenvalue weighted by atomic mass is 10.2. The first-order valence-corrected chi connectivity index (χ1v) is 3.75. The maximum Gasteiger partial charge on any atom is 0.331 e. The quantitative estimate of drug-likeness (QED) is 0.346. The lowest BCUT2D eigenvalue weighted by Crippen LogP contribution is -2.11. The molecule has 0 aromatic carbocycles. The van der Waals surface area contributed by atoms with Crippen LogP contribution in [0.1, 0.15) is 12.8 Å². The molecule has 0 amide bonds. The van der Waals surface area contributed by atoms with Gasteiger partial charge in [-0.3, -0.25) is 4.79 Å². The maximum atomic E-state index is 10.8. The van der Waals surface area contributed by atoms with Gasteiger partial charge in [0, 0.05) is 18.6 Å². The Bertz CT molecular complexity index is 209. The molecule has 0 spiro atoms. The number of rotatable bonds is 6. The van der Waals surface area contributed by atoms with Crippen LogP contribution in [0.5, 0.6) is 0 Å². The highest BCUT2D eigenvalue weighted by atomic mass is 16.5. The molecule has 0 saturated carbocycles. The average Bonchev–Trinajstić information content (AvgIpc) is 2.04. The van der Waals surface area contributed by atoms with E-state index in [9.17, 15) is 9.59 Å². The summed E-state index contributed by atoms with van der Waals surface area (Å²) in [4.78, 5) is 21.0. The minimum atomic E-state index is -1.21. The van der Waals surface area contributed by atoms with Gasteiger partial charge in [0.05, 0.1) is 13.0 Å². The summed E-state index contributed by atoms with van der Waals surface area (Å²) in [6.45, 7) is 3.21. The Morgan fingerprint density at radius 3 is 2.46 bits per heavy atom. The maximum absolute atomic E-state index is 10.8. The van der Waals surface area contributed by atoms with Crippen LogP contribution in [0.4, 0.5) is 0 Å². The summed E-state index contributed by atoms with van der Waals surface area (Å²) in [5, 5.41) is 16.7. The lowest BCUT2D eigenvalue weighted by molar-refractivity contribution is -0.145. The van der Waals surface area contributed by atoms with E-state index in [1.807, 2.05) is 0 Å². The van der Waals surface area contributed by atoms with Crippen LogP contribution in [0.2, 0.25) is 0 Å². The van der Waals surface area contributed by atoms with E-state index in [0.29, 0.717) is 6.42 Å². The van der Waals surface area contributed by atoms with Crippen molar-refractivity contribution < 1.29 is 24.5 Å². The van der Waals surface area contributed by atoms with E-state index in [4.69, 9.17) is 10.2 Å². The summed E-state index contributed by atoms with van der Waals surface area (Å²) >= 11 is 0. The zero-order chi connectivity index (χ0) is 10.3. The summed E-state index contributed by atoms with van der Waals surface area (Å²) in [7, 11) is 0. The summed E-state index contributed by atoms with van der Waals surface area (Å²) in [6, 6.07) is 0. The molecule has 0 atom stereocenters. The van der Waals surface area contributed by atoms with Crippen molar-refractivity contribution in [3.05, 3.63) is 12.2 Å². The molecule has 0 saturated heterocycles. The molecule has 0 fully saturated rings. The van der Waals surface area contributed by atoms with Crippen molar-refractivity contribution in [1.82, 2.24) is 0 Å². The van der Waals surface area contributed by atoms with E-state index >= 15 is 0 Å². The number of carboxylic acids is 1. The highest BCUT2D eigenvalue weighted by Gasteiger charge is 2.10. The first kappa shape index (κ1) is 11.6. The van der Waals surface area contributed by atoms with Crippen LogP contribution in [0.3, 0.4) is 0 Å². The minimum Gasteiger partial charge on any atom is -0.478 e. The smallest absolute Gasteiger partial charge is 0.331 e. The molecule has 2 N–H and O–H groups in total. The van der Waals surface area contributed by atoms with Crippen LogP contribution in [0, 0.1) is 0 Å². The zero-order valence-electron chi connectivity index (χ0n) is 7.15. The third-order valence-electron chi connectivity index (χ3n) is 1.23. The van der Waals surface area contributed by atoms with Crippen LogP contribution in [0.25, 0.3) is 0 Å². The lowest BCUT2D eigenvalue weighted by Gasteiger charge is -2.02. The zero-order valence-corrected chi connectivity index (χ0v) is 7.15. The fraction of sp³-hybridized carbons (Fsp3) is 0.500. The highest BCUT2D eigenvalue weighted by molar-refractivity contribution is 5.91. The molecule has 0 aliphatic rings. The van der Waals surface area contributed by atoms with Gasteiger partial charge in [-0.2, -0.15) is 0 Å². The number of aliphatic hydroxyl groups is 1. The molecule has 0 radical (unpaired) electrons. The molecule has 5 nitrogen and oxygen atoms in total. The van der Waals surface area contributed by atoms with E-state index in [0.717, 1.165) is 0 Å². The summed E-state index contributed by atoms with van der Waals surface area (Å²) < 4.78 is 4.58. The molecule has 74 valence electrons. The van der Waals surface area contributed by atoms with Gasteiger partial charge in [0.25, 0.3) is 0 Å². The van der Waals surface area contributed by atoms with Gasteiger partial charge < -0.3 is 14.9 Å². The molecule has 5 heteroatoms. The SMILES string of the molecule is C=C(CC(=O)OCCCO)C(=O)O. The van der Waals surface area contributed by atoms with Crippen molar-refractivity contribution in [2.45, 2.75) is 12.8 Å². The molecule has 0 aliphatic carbocycles. The predicted octanol–water partition coefficient (Wildman–Crippen LogP) is -0.0571. The highest BCUT2D eigenvalue weighted by Crippen LogP contribution is 2.00. The summed E-state index contributed by atoms with van der Waals surface area (Å²) in [5.74, 6) is -1.85. The molecule has 0 aliphatic heterocycles. The van der Waals surface area contributed by atoms with Crippen molar-refractivity contribution >= 4 is 11.9 Å². The van der Waals surface area contributed by atoms with Crippen molar-refractivity contribution in [2.24, 2.45) is 0 Å². The normalized spacial score (nSPS) is 9.31. The van der Waals surface area contributed by atoms with E-state index < -0.39 is 11.9 Å². The van der Waals surface area contributed by atoms with Crippen LogP contribution in [0.15, 0.2) is 12.2 Å². The molecule has 0 rings (SSSR count). The first-order chi connectivity index (χ1) is 6.07. The summed E-state index contributed by atoms with van der Waals surface area (Å²) in [5.41, 5.74) is -0.200. The Morgan fingerprint density at radius 1 is 1.38 bits per heavy atom. The second-order valence-corrected chi connectivity index (χ2v) is 2.38. The topological polar surface area (TPSA) is 83.8 Å². The second-order valence-electron chi connectivity index (χ2n) is 2.38. The number of aliphatic hydroxyl groups excluding tert-OH is 1. The molecule has 0 aromatic rings. The molecular formula is C8H12O5. The van der Waals surface area contributed by atoms with Crippen molar-refractivity contribution in [1.29, 1.82) is 0 Å². The Balaban J connectivity index is 3.62. The number of carbonyl (C=O) groups excluding carboxylic acids is 1. The Morgan fingerprint density at radius 2 is 2.00 bits per heavy atom. The molecule has 13 heavy (non-hydrogen) atoms. The van der Waals surface area contributed by atoms with Crippen molar-refractivity contribution in [2.75, 3.05) is 13.2 Å². The van der Waals surface area contributed by atoms with Gasteiger partial charge in [0.2, 0.25) is 0 Å². The van der Waals surface area contributed by atoms with Crippen LogP contribution in [-0.4, -0.2) is 35.4 Å². The van der Waals surface area contributed by atoms with Gasteiger partial charge in [-0.05, 0) is 0 Å². The Kier molecular flexibility index (Phi) is 5.54. The minimum absolute atomic E-state index is 0.0623. The van der Waals surface area contributed by atoms with E-state index in [-0.39, 0.29) is 25.2 Å². The van der Waals surface area contributed by atoms with Crippen LogP contribution < -0.4 is 0 Å². The van der Waals surface area contributed by atoms with Gasteiger partial charge in [-0.1, -0.05) is 6.58 Å². The fourth-order valence-electron chi connectivity index (χ4n) is 0.551. The largest absolute Gasteiger partial charge is 0.478 e. The van der Waals surface area contributed by atoms with Crippen molar-refractivity contribution in [3.63, 3.8) is 0 Å². The predicted molar refractivity (Wildman–Crippen MR) is 44.1 cm³/mol. The van der Waals surface area contributed by atoms with Gasteiger partial charge in [0.1, 0.15) is 0 Å². The number of hydrogen-bond donors (Lipinski definition) is 2. The molecule has 0 bridgehead atoms. The fourth-order valence-corrected chi connectivity index (χ4v) is 0.551. The molecule has 0 heterocycles. The van der Waals surface area contributed by atoms with E-state index in [1.54, 1.807) is 0 Å². The van der Waals surface area contributed by atoms with Gasteiger partial charge in [-0.25, -0.2) is 4.79 Å². The van der Waals surface area contributed by atoms with Gasteiger partial charge in [0.15, 0.2) is 0 Å². The third-order valence-corrected chi connectivity index (χ3v) is 1.23. The van der Waals surface area contributed by atoms with Crippen LogP contribution >= 0.6 is 0 Å². The standard InChI is InChI=1S/C8H12O5/c1-6(8(11)12)5-7(10)13-4-2-3-9/h9H,1-5H2,(H,11,12). The van der Waals surface area contributed by atoms with E-state index in [1.165, 1.54) is 0 Å². The van der Waals surface area contributed by atoms with Crippen molar-refractivity contribution in [3.8, 4) is 0 Å². The molecule has 0 unspecified atom stereocenters. The molecular weight excluding hydrogens is 176 g/mol. The second kappa shape index (κ2) is 6.19. The monoisotopic (exact) mass is 188 g/mol. The first-order valence-electron chi connectivity index (χ1n) is 3.75.